The number of aliphatic hydroxyl groups is 1. The van der Waals surface area contributed by atoms with Crippen molar-refractivity contribution in [2.75, 3.05) is 6.61 Å². The monoisotopic (exact) mass is 236 g/mol. The van der Waals surface area contributed by atoms with Crippen LogP contribution in [0.15, 0.2) is 11.6 Å². The number of allylic oxidation sites excluding steroid dienone is 2. The molecule has 1 N–H and O–H groups in total. The van der Waals surface area contributed by atoms with Crippen molar-refractivity contribution in [3.8, 4) is 0 Å². The van der Waals surface area contributed by atoms with Gasteiger partial charge in [-0.3, -0.25) is 0 Å². The second kappa shape index (κ2) is 3.58. The van der Waals surface area contributed by atoms with Gasteiger partial charge in [-0.15, -0.1) is 0 Å². The van der Waals surface area contributed by atoms with Crippen molar-refractivity contribution in [3.63, 3.8) is 0 Å². The summed E-state index contributed by atoms with van der Waals surface area (Å²) in [5, 5.41) is 10.3. The van der Waals surface area contributed by atoms with Crippen LogP contribution in [-0.2, 0) is 4.74 Å². The van der Waals surface area contributed by atoms with Crippen molar-refractivity contribution >= 4 is 0 Å². The van der Waals surface area contributed by atoms with E-state index in [4.69, 9.17) is 4.74 Å². The molecule has 2 aliphatic carbocycles. The first-order valence-corrected chi connectivity index (χ1v) is 6.94. The maximum absolute atomic E-state index is 10.3. The van der Waals surface area contributed by atoms with Gasteiger partial charge in [0, 0.05) is 5.41 Å². The smallest absolute Gasteiger partial charge is 0.160 e. The van der Waals surface area contributed by atoms with E-state index in [9.17, 15) is 5.11 Å². The molecule has 96 valence electrons. The maximum Gasteiger partial charge on any atom is 0.160 e. The highest BCUT2D eigenvalue weighted by atomic mass is 16.6. The highest BCUT2D eigenvalue weighted by Crippen LogP contribution is 2.66. The van der Waals surface area contributed by atoms with Crippen molar-refractivity contribution < 1.29 is 9.84 Å². The van der Waals surface area contributed by atoms with Crippen LogP contribution >= 0.6 is 0 Å². The molecular formula is C15H24O2. The molecule has 0 aromatic carbocycles. The predicted molar refractivity (Wildman–Crippen MR) is 67.4 cm³/mol. The lowest BCUT2D eigenvalue weighted by molar-refractivity contribution is -0.150. The second-order valence-corrected chi connectivity index (χ2v) is 6.88. The average Bonchev–Trinajstić information content (AvgIpc) is 2.70. The van der Waals surface area contributed by atoms with E-state index in [0.29, 0.717) is 5.92 Å². The molecule has 2 nitrogen and oxygen atoms in total. The average molecular weight is 236 g/mol. The van der Waals surface area contributed by atoms with Crippen LogP contribution in [0.25, 0.3) is 0 Å². The number of fused-ring (bicyclic) bond motifs is 1. The van der Waals surface area contributed by atoms with Crippen molar-refractivity contribution in [3.05, 3.63) is 11.6 Å². The van der Waals surface area contributed by atoms with Crippen LogP contribution in [0.1, 0.15) is 46.5 Å². The Morgan fingerprint density at radius 2 is 2.18 bits per heavy atom. The summed E-state index contributed by atoms with van der Waals surface area (Å²) < 4.78 is 5.49. The number of hydrogen-bond acceptors (Lipinski definition) is 2. The summed E-state index contributed by atoms with van der Waals surface area (Å²) in [4.78, 5) is 0. The summed E-state index contributed by atoms with van der Waals surface area (Å²) in [6, 6.07) is 0. The highest BCUT2D eigenvalue weighted by molar-refractivity contribution is 5.18. The summed E-state index contributed by atoms with van der Waals surface area (Å²) in [7, 11) is 0. The zero-order valence-electron chi connectivity index (χ0n) is 11.2. The van der Waals surface area contributed by atoms with E-state index in [1.807, 2.05) is 0 Å². The minimum atomic E-state index is -0.545. The molecule has 0 bridgehead atoms. The number of ether oxygens (including phenoxy) is 1. The fraction of sp³-hybridized carbons (Fsp3) is 0.867. The summed E-state index contributed by atoms with van der Waals surface area (Å²) >= 11 is 0. The molecule has 0 aromatic rings. The number of hydrogen-bond donors (Lipinski definition) is 1. The molecule has 1 saturated carbocycles. The molecule has 0 aromatic heterocycles. The zero-order valence-corrected chi connectivity index (χ0v) is 11.2. The maximum atomic E-state index is 10.3. The number of aliphatic hydroxyl groups excluding tert-OH is 1. The third-order valence-electron chi connectivity index (χ3n) is 5.97. The van der Waals surface area contributed by atoms with Crippen LogP contribution in [0.2, 0.25) is 0 Å². The van der Waals surface area contributed by atoms with Gasteiger partial charge in [0.2, 0.25) is 0 Å². The molecule has 4 atom stereocenters. The lowest BCUT2D eigenvalue weighted by Gasteiger charge is -2.43. The van der Waals surface area contributed by atoms with Crippen LogP contribution in [-0.4, -0.2) is 18.0 Å². The van der Waals surface area contributed by atoms with Crippen LogP contribution in [0, 0.1) is 22.7 Å². The van der Waals surface area contributed by atoms with E-state index in [2.05, 4.69) is 26.8 Å². The SMILES string of the molecule is CC1=C[C@@H]2C[C@]3(CCO[C@H]3O)C(C)(C)[C@@H]2CC1. The first-order chi connectivity index (χ1) is 7.97. The molecule has 17 heavy (non-hydrogen) atoms. The van der Waals surface area contributed by atoms with Gasteiger partial charge in [0.15, 0.2) is 6.29 Å². The Balaban J connectivity index is 1.99. The van der Waals surface area contributed by atoms with Crippen LogP contribution in [0.5, 0.6) is 0 Å². The lowest BCUT2D eigenvalue weighted by atomic mass is 9.62. The van der Waals surface area contributed by atoms with Gasteiger partial charge in [-0.05, 0) is 49.9 Å². The molecule has 2 fully saturated rings. The molecule has 1 aliphatic heterocycles. The predicted octanol–water partition coefficient (Wildman–Crippen LogP) is 3.11. The Bertz CT molecular complexity index is 358. The molecule has 0 amide bonds. The first-order valence-electron chi connectivity index (χ1n) is 6.94. The Kier molecular flexibility index (Phi) is 2.47. The van der Waals surface area contributed by atoms with Crippen molar-refractivity contribution in [2.45, 2.75) is 52.7 Å². The van der Waals surface area contributed by atoms with Gasteiger partial charge in [-0.2, -0.15) is 0 Å². The van der Waals surface area contributed by atoms with Gasteiger partial charge >= 0.3 is 0 Å². The fourth-order valence-electron chi connectivity index (χ4n) is 4.79. The fourth-order valence-corrected chi connectivity index (χ4v) is 4.79. The van der Waals surface area contributed by atoms with Crippen molar-refractivity contribution in [1.29, 1.82) is 0 Å². The lowest BCUT2D eigenvalue weighted by Crippen LogP contribution is -2.42. The molecule has 3 aliphatic rings. The van der Waals surface area contributed by atoms with Gasteiger partial charge in [-0.1, -0.05) is 25.5 Å². The quantitative estimate of drug-likeness (QED) is 0.655. The second-order valence-electron chi connectivity index (χ2n) is 6.88. The third kappa shape index (κ3) is 1.40. The Hall–Kier alpha value is -0.340. The highest BCUT2D eigenvalue weighted by Gasteiger charge is 2.63. The third-order valence-corrected chi connectivity index (χ3v) is 5.97. The van der Waals surface area contributed by atoms with Crippen LogP contribution in [0.4, 0.5) is 0 Å². The Labute approximate surface area is 104 Å². The molecule has 1 saturated heterocycles. The van der Waals surface area contributed by atoms with E-state index in [1.165, 1.54) is 18.4 Å². The van der Waals surface area contributed by atoms with E-state index in [1.54, 1.807) is 0 Å². The summed E-state index contributed by atoms with van der Waals surface area (Å²) in [5.41, 5.74) is 1.74. The van der Waals surface area contributed by atoms with Crippen LogP contribution in [0.3, 0.4) is 0 Å². The summed E-state index contributed by atoms with van der Waals surface area (Å²) in [5.74, 6) is 1.39. The number of rotatable bonds is 0. The zero-order chi connectivity index (χ0) is 12.3. The Morgan fingerprint density at radius 1 is 1.41 bits per heavy atom. The molecule has 3 rings (SSSR count). The van der Waals surface area contributed by atoms with Crippen molar-refractivity contribution in [2.24, 2.45) is 22.7 Å². The first kappa shape index (κ1) is 11.7. The molecule has 2 heteroatoms. The van der Waals surface area contributed by atoms with Gasteiger partial charge < -0.3 is 9.84 Å². The van der Waals surface area contributed by atoms with Gasteiger partial charge in [0.05, 0.1) is 6.61 Å². The molecule has 0 radical (unpaired) electrons. The standard InChI is InChI=1S/C15H24O2/c1-10-4-5-12-11(8-10)9-15(14(12,2)3)6-7-17-13(15)16/h8,11-13,16H,4-7,9H2,1-3H3/t11-,12-,13-,15+/m1/s1. The van der Waals surface area contributed by atoms with E-state index in [-0.39, 0.29) is 10.8 Å². The minimum Gasteiger partial charge on any atom is -0.367 e. The van der Waals surface area contributed by atoms with Gasteiger partial charge in [0.1, 0.15) is 0 Å². The van der Waals surface area contributed by atoms with Crippen molar-refractivity contribution in [1.82, 2.24) is 0 Å². The topological polar surface area (TPSA) is 29.5 Å². The molecule has 1 heterocycles. The van der Waals surface area contributed by atoms with E-state index < -0.39 is 6.29 Å². The van der Waals surface area contributed by atoms with Gasteiger partial charge in [0.25, 0.3) is 0 Å². The molecule has 1 spiro atoms. The largest absolute Gasteiger partial charge is 0.367 e. The normalized spacial score (nSPS) is 48.2. The Morgan fingerprint density at radius 3 is 2.82 bits per heavy atom. The van der Waals surface area contributed by atoms with E-state index in [0.717, 1.165) is 25.4 Å². The molecular weight excluding hydrogens is 212 g/mol. The summed E-state index contributed by atoms with van der Waals surface area (Å²) in [6.45, 7) is 7.68. The minimum absolute atomic E-state index is 0.00343. The van der Waals surface area contributed by atoms with Gasteiger partial charge in [-0.25, -0.2) is 0 Å². The molecule has 0 unspecified atom stereocenters. The summed E-state index contributed by atoms with van der Waals surface area (Å²) in [6.07, 6.45) is 6.59. The van der Waals surface area contributed by atoms with E-state index >= 15 is 0 Å². The van der Waals surface area contributed by atoms with Crippen LogP contribution < -0.4 is 0 Å².